The molecule has 2 nitrogen and oxygen atoms in total. The number of carbonyl (C=O) groups is 1. The van der Waals surface area contributed by atoms with Gasteiger partial charge in [-0.15, -0.1) is 0 Å². The molecule has 0 atom stereocenters. The van der Waals surface area contributed by atoms with Crippen molar-refractivity contribution in [1.29, 1.82) is 0 Å². The SMILES string of the molecule is CC1=C(CC(=O)O)c2c(C)cccc2/C1=C\c1ccccc1-c1ccccc1. The summed E-state index contributed by atoms with van der Waals surface area (Å²) in [6.07, 6.45) is 2.24. The number of benzene rings is 3. The number of hydrogen-bond acceptors (Lipinski definition) is 1. The van der Waals surface area contributed by atoms with E-state index in [9.17, 15) is 9.90 Å². The van der Waals surface area contributed by atoms with Crippen LogP contribution in [0.4, 0.5) is 0 Å². The van der Waals surface area contributed by atoms with Crippen LogP contribution >= 0.6 is 0 Å². The van der Waals surface area contributed by atoms with Gasteiger partial charge in [0.05, 0.1) is 6.42 Å². The smallest absolute Gasteiger partial charge is 0.307 e. The van der Waals surface area contributed by atoms with E-state index >= 15 is 0 Å². The second-order valence-corrected chi connectivity index (χ2v) is 7.18. The van der Waals surface area contributed by atoms with Gasteiger partial charge in [0.2, 0.25) is 0 Å². The fourth-order valence-electron chi connectivity index (χ4n) is 4.06. The van der Waals surface area contributed by atoms with E-state index in [0.29, 0.717) is 0 Å². The first-order valence-corrected chi connectivity index (χ1v) is 9.44. The Morgan fingerprint density at radius 3 is 2.29 bits per heavy atom. The van der Waals surface area contributed by atoms with Crippen LogP contribution in [0.2, 0.25) is 0 Å². The first-order valence-electron chi connectivity index (χ1n) is 9.44. The van der Waals surface area contributed by atoms with Gasteiger partial charge in [0.15, 0.2) is 0 Å². The van der Waals surface area contributed by atoms with Gasteiger partial charge >= 0.3 is 5.97 Å². The van der Waals surface area contributed by atoms with Gasteiger partial charge in [0.25, 0.3) is 0 Å². The number of allylic oxidation sites excluding steroid dienone is 2. The highest BCUT2D eigenvalue weighted by molar-refractivity contribution is 6.08. The normalized spacial score (nSPS) is 14.4. The Bertz CT molecular complexity index is 1120. The molecule has 0 spiro atoms. The van der Waals surface area contributed by atoms with Crippen LogP contribution in [0.25, 0.3) is 28.3 Å². The van der Waals surface area contributed by atoms with E-state index in [1.807, 2.05) is 37.3 Å². The molecule has 0 amide bonds. The predicted molar refractivity (Wildman–Crippen MR) is 116 cm³/mol. The number of rotatable bonds is 4. The van der Waals surface area contributed by atoms with Gasteiger partial charge < -0.3 is 5.11 Å². The van der Waals surface area contributed by atoms with Crippen molar-refractivity contribution in [2.45, 2.75) is 20.3 Å². The van der Waals surface area contributed by atoms with Crippen LogP contribution in [0.5, 0.6) is 0 Å². The number of carboxylic acid groups (broad SMARTS) is 1. The molecule has 1 aliphatic rings. The summed E-state index contributed by atoms with van der Waals surface area (Å²) >= 11 is 0. The lowest BCUT2D eigenvalue weighted by Gasteiger charge is -2.10. The maximum Gasteiger partial charge on any atom is 0.307 e. The monoisotopic (exact) mass is 366 g/mol. The Morgan fingerprint density at radius 1 is 0.857 bits per heavy atom. The number of aliphatic carboxylic acids is 1. The van der Waals surface area contributed by atoms with Crippen molar-refractivity contribution in [3.8, 4) is 11.1 Å². The zero-order chi connectivity index (χ0) is 19.7. The van der Waals surface area contributed by atoms with Gasteiger partial charge in [-0.1, -0.05) is 72.8 Å². The van der Waals surface area contributed by atoms with Crippen LogP contribution < -0.4 is 0 Å². The van der Waals surface area contributed by atoms with Gasteiger partial charge in [-0.2, -0.15) is 0 Å². The summed E-state index contributed by atoms with van der Waals surface area (Å²) in [5.41, 5.74) is 9.87. The first kappa shape index (κ1) is 18.0. The van der Waals surface area contributed by atoms with Crippen LogP contribution in [0.3, 0.4) is 0 Å². The molecular weight excluding hydrogens is 344 g/mol. The van der Waals surface area contributed by atoms with Crippen LogP contribution in [-0.4, -0.2) is 11.1 Å². The molecule has 0 aliphatic heterocycles. The highest BCUT2D eigenvalue weighted by atomic mass is 16.4. The lowest BCUT2D eigenvalue weighted by Crippen LogP contribution is -1.98. The van der Waals surface area contributed by atoms with Crippen molar-refractivity contribution in [2.24, 2.45) is 0 Å². The van der Waals surface area contributed by atoms with E-state index in [2.05, 4.69) is 55.5 Å². The number of hydrogen-bond donors (Lipinski definition) is 1. The van der Waals surface area contributed by atoms with E-state index in [4.69, 9.17) is 0 Å². The Hall–Kier alpha value is -3.39. The summed E-state index contributed by atoms with van der Waals surface area (Å²) in [6.45, 7) is 4.09. The van der Waals surface area contributed by atoms with Crippen molar-refractivity contribution in [1.82, 2.24) is 0 Å². The molecule has 0 heterocycles. The minimum Gasteiger partial charge on any atom is -0.481 e. The highest BCUT2D eigenvalue weighted by Gasteiger charge is 2.26. The fourth-order valence-corrected chi connectivity index (χ4v) is 4.06. The van der Waals surface area contributed by atoms with Crippen LogP contribution in [0.15, 0.2) is 78.4 Å². The second-order valence-electron chi connectivity index (χ2n) is 7.18. The molecule has 1 N–H and O–H groups in total. The molecule has 0 unspecified atom stereocenters. The zero-order valence-corrected chi connectivity index (χ0v) is 16.1. The Balaban J connectivity index is 1.91. The summed E-state index contributed by atoms with van der Waals surface area (Å²) < 4.78 is 0. The van der Waals surface area contributed by atoms with Gasteiger partial charge in [0, 0.05) is 0 Å². The van der Waals surface area contributed by atoms with Gasteiger partial charge in [-0.05, 0) is 70.0 Å². The molecule has 0 bridgehead atoms. The molecule has 138 valence electrons. The average molecular weight is 366 g/mol. The zero-order valence-electron chi connectivity index (χ0n) is 16.1. The third-order valence-electron chi connectivity index (χ3n) is 5.39. The number of carboxylic acids is 1. The van der Waals surface area contributed by atoms with Crippen LogP contribution in [0.1, 0.15) is 35.6 Å². The molecule has 28 heavy (non-hydrogen) atoms. The average Bonchev–Trinajstić information content (AvgIpc) is 2.95. The van der Waals surface area contributed by atoms with E-state index < -0.39 is 5.97 Å². The van der Waals surface area contributed by atoms with Crippen LogP contribution in [0, 0.1) is 6.92 Å². The summed E-state index contributed by atoms with van der Waals surface area (Å²) in [4.78, 5) is 11.5. The Morgan fingerprint density at radius 2 is 1.54 bits per heavy atom. The number of fused-ring (bicyclic) bond motifs is 1. The van der Waals surface area contributed by atoms with Crippen molar-refractivity contribution >= 4 is 23.2 Å². The minimum absolute atomic E-state index is 0.0430. The lowest BCUT2D eigenvalue weighted by atomic mass is 9.94. The first-order chi connectivity index (χ1) is 13.6. The van der Waals surface area contributed by atoms with Gasteiger partial charge in [-0.3, -0.25) is 4.79 Å². The van der Waals surface area contributed by atoms with E-state index in [0.717, 1.165) is 39.0 Å². The molecule has 0 saturated carbocycles. The maximum absolute atomic E-state index is 11.5. The Labute approximate surface area is 165 Å². The van der Waals surface area contributed by atoms with Crippen molar-refractivity contribution in [3.05, 3.63) is 101 Å². The van der Waals surface area contributed by atoms with Crippen LogP contribution in [-0.2, 0) is 4.79 Å². The Kier molecular flexibility index (Phi) is 4.70. The lowest BCUT2D eigenvalue weighted by molar-refractivity contribution is -0.135. The van der Waals surface area contributed by atoms with E-state index in [-0.39, 0.29) is 6.42 Å². The third kappa shape index (κ3) is 3.18. The molecular formula is C26H22O2. The topological polar surface area (TPSA) is 37.3 Å². The maximum atomic E-state index is 11.5. The molecule has 4 rings (SSSR count). The minimum atomic E-state index is -0.797. The summed E-state index contributed by atoms with van der Waals surface area (Å²) in [6, 6.07) is 24.9. The molecule has 0 radical (unpaired) electrons. The van der Waals surface area contributed by atoms with Gasteiger partial charge in [-0.25, -0.2) is 0 Å². The van der Waals surface area contributed by atoms with E-state index in [1.54, 1.807) is 0 Å². The summed E-state index contributed by atoms with van der Waals surface area (Å²) in [7, 11) is 0. The van der Waals surface area contributed by atoms with Crippen molar-refractivity contribution in [3.63, 3.8) is 0 Å². The molecule has 3 aromatic rings. The third-order valence-corrected chi connectivity index (χ3v) is 5.39. The largest absolute Gasteiger partial charge is 0.481 e. The molecule has 0 fully saturated rings. The van der Waals surface area contributed by atoms with Crippen molar-refractivity contribution in [2.75, 3.05) is 0 Å². The molecule has 0 saturated heterocycles. The molecule has 1 aliphatic carbocycles. The standard InChI is InChI=1S/C26H22O2/c1-17-9-8-14-22-23(18(2)24(26(17)22)16-25(27)28)15-20-12-6-7-13-21(20)19-10-4-3-5-11-19/h3-15H,16H2,1-2H3,(H,27,28)/b23-15-. The molecule has 3 aromatic carbocycles. The number of aryl methyl sites for hydroxylation is 1. The van der Waals surface area contributed by atoms with Crippen molar-refractivity contribution < 1.29 is 9.90 Å². The summed E-state index contributed by atoms with van der Waals surface area (Å²) in [5, 5.41) is 9.42. The molecule has 2 heteroatoms. The second kappa shape index (κ2) is 7.32. The molecule has 0 aromatic heterocycles. The van der Waals surface area contributed by atoms with Gasteiger partial charge in [0.1, 0.15) is 0 Å². The predicted octanol–water partition coefficient (Wildman–Crippen LogP) is 6.46. The summed E-state index contributed by atoms with van der Waals surface area (Å²) in [5.74, 6) is -0.797. The quantitative estimate of drug-likeness (QED) is 0.575. The van der Waals surface area contributed by atoms with E-state index in [1.165, 1.54) is 11.1 Å². The highest BCUT2D eigenvalue weighted by Crippen LogP contribution is 2.45. The fraction of sp³-hybridized carbons (Fsp3) is 0.115.